The van der Waals surface area contributed by atoms with Crippen molar-refractivity contribution in [1.29, 1.82) is 0 Å². The number of rotatable bonds is 3. The molecule has 1 aliphatic rings. The normalized spacial score (nSPS) is 22.5. The molecule has 102 valence electrons. The molecule has 1 saturated heterocycles. The van der Waals surface area contributed by atoms with Crippen molar-refractivity contribution in [3.05, 3.63) is 29.0 Å². The largest absolute Gasteiger partial charge is 0.479 e. The molecule has 0 spiro atoms. The van der Waals surface area contributed by atoms with Crippen molar-refractivity contribution in [1.82, 2.24) is 9.88 Å². The first kappa shape index (κ1) is 13.8. The lowest BCUT2D eigenvalue weighted by molar-refractivity contribution is -0.148. The molecule has 1 unspecified atom stereocenters. The van der Waals surface area contributed by atoms with Crippen LogP contribution in [0.2, 0.25) is 5.02 Å². The fraction of sp³-hybridized carbons (Fsp3) is 0.462. The van der Waals surface area contributed by atoms with Crippen molar-refractivity contribution >= 4 is 23.5 Å². The molecule has 1 amide bonds. The van der Waals surface area contributed by atoms with Gasteiger partial charge in [-0.3, -0.25) is 4.79 Å². The number of aliphatic carboxylic acids is 1. The van der Waals surface area contributed by atoms with Gasteiger partial charge in [-0.1, -0.05) is 18.5 Å². The van der Waals surface area contributed by atoms with Crippen LogP contribution in [0.25, 0.3) is 0 Å². The Balaban J connectivity index is 2.32. The minimum atomic E-state index is -1.10. The van der Waals surface area contributed by atoms with Crippen molar-refractivity contribution in [2.24, 2.45) is 0 Å². The van der Waals surface area contributed by atoms with Gasteiger partial charge in [0, 0.05) is 12.7 Å². The van der Waals surface area contributed by atoms with E-state index in [-0.39, 0.29) is 11.6 Å². The summed E-state index contributed by atoms with van der Waals surface area (Å²) in [4.78, 5) is 29.3. The summed E-state index contributed by atoms with van der Waals surface area (Å²) in [6.45, 7) is 2.23. The van der Waals surface area contributed by atoms with E-state index < -0.39 is 11.5 Å². The molecule has 1 fully saturated rings. The highest BCUT2D eigenvalue weighted by Gasteiger charge is 2.48. The van der Waals surface area contributed by atoms with E-state index in [2.05, 4.69) is 4.98 Å². The lowest BCUT2D eigenvalue weighted by atomic mass is 9.93. The topological polar surface area (TPSA) is 70.5 Å². The average molecular weight is 283 g/mol. The third-order valence-electron chi connectivity index (χ3n) is 3.66. The monoisotopic (exact) mass is 282 g/mol. The molecular formula is C13H15ClN2O3. The number of hydrogen-bond acceptors (Lipinski definition) is 3. The molecule has 2 rings (SSSR count). The Bertz CT molecular complexity index is 503. The second kappa shape index (κ2) is 5.17. The van der Waals surface area contributed by atoms with E-state index in [1.54, 1.807) is 13.0 Å². The minimum absolute atomic E-state index is 0.227. The smallest absolute Gasteiger partial charge is 0.329 e. The highest BCUT2D eigenvalue weighted by molar-refractivity contribution is 6.30. The number of nitrogens with zero attached hydrogens (tertiary/aromatic N) is 2. The van der Waals surface area contributed by atoms with E-state index in [0.717, 1.165) is 0 Å². The Morgan fingerprint density at radius 3 is 2.79 bits per heavy atom. The molecule has 0 bridgehead atoms. The van der Waals surface area contributed by atoms with Crippen LogP contribution in [0.1, 0.15) is 36.7 Å². The zero-order valence-corrected chi connectivity index (χ0v) is 11.4. The van der Waals surface area contributed by atoms with Crippen LogP contribution >= 0.6 is 11.6 Å². The Hall–Kier alpha value is -1.62. The van der Waals surface area contributed by atoms with Crippen LogP contribution in [-0.2, 0) is 4.79 Å². The first-order valence-electron chi connectivity index (χ1n) is 6.18. The minimum Gasteiger partial charge on any atom is -0.479 e. The van der Waals surface area contributed by atoms with Gasteiger partial charge in [0.15, 0.2) is 0 Å². The highest BCUT2D eigenvalue weighted by atomic mass is 35.5. The third kappa shape index (κ3) is 2.30. The van der Waals surface area contributed by atoms with Crippen molar-refractivity contribution < 1.29 is 14.7 Å². The molecule has 6 heteroatoms. The van der Waals surface area contributed by atoms with E-state index >= 15 is 0 Å². The van der Waals surface area contributed by atoms with Gasteiger partial charge in [0.05, 0.1) is 5.02 Å². The summed E-state index contributed by atoms with van der Waals surface area (Å²) in [5.74, 6) is -1.30. The molecule has 1 atom stereocenters. The van der Waals surface area contributed by atoms with Crippen molar-refractivity contribution in [3.63, 3.8) is 0 Å². The molecule has 1 aromatic heterocycles. The van der Waals surface area contributed by atoms with E-state index in [4.69, 9.17) is 11.6 Å². The van der Waals surface area contributed by atoms with E-state index in [9.17, 15) is 14.7 Å². The van der Waals surface area contributed by atoms with Gasteiger partial charge in [-0.15, -0.1) is 0 Å². The highest BCUT2D eigenvalue weighted by Crippen LogP contribution is 2.33. The zero-order valence-electron chi connectivity index (χ0n) is 10.6. The molecule has 0 radical (unpaired) electrons. The summed E-state index contributed by atoms with van der Waals surface area (Å²) in [7, 11) is 0. The van der Waals surface area contributed by atoms with Crippen LogP contribution in [0.5, 0.6) is 0 Å². The molecule has 0 aromatic carbocycles. The predicted octanol–water partition coefficient (Wildman–Crippen LogP) is 2.20. The lowest BCUT2D eigenvalue weighted by Gasteiger charge is -2.33. The number of halogens is 1. The number of pyridine rings is 1. The number of aromatic nitrogens is 1. The predicted molar refractivity (Wildman–Crippen MR) is 70.2 cm³/mol. The summed E-state index contributed by atoms with van der Waals surface area (Å²) in [6, 6.07) is 3.09. The fourth-order valence-electron chi connectivity index (χ4n) is 2.56. The van der Waals surface area contributed by atoms with Crippen LogP contribution in [-0.4, -0.2) is 39.0 Å². The molecule has 2 heterocycles. The Morgan fingerprint density at radius 1 is 1.53 bits per heavy atom. The standard InChI is InChI=1S/C13H15ClN2O3/c1-2-13(12(18)19)6-3-7-16(13)11(17)10-5-4-9(14)8-15-10/h4-5,8H,2-3,6-7H2,1H3,(H,18,19). The first-order valence-corrected chi connectivity index (χ1v) is 6.56. The van der Waals surface area contributed by atoms with Crippen molar-refractivity contribution in [2.45, 2.75) is 31.7 Å². The van der Waals surface area contributed by atoms with Gasteiger partial charge in [0.1, 0.15) is 11.2 Å². The van der Waals surface area contributed by atoms with Crippen LogP contribution in [0, 0.1) is 0 Å². The number of carboxylic acid groups (broad SMARTS) is 1. The van der Waals surface area contributed by atoms with Gasteiger partial charge >= 0.3 is 5.97 Å². The molecule has 0 saturated carbocycles. The second-order valence-electron chi connectivity index (χ2n) is 4.61. The second-order valence-corrected chi connectivity index (χ2v) is 5.05. The van der Waals surface area contributed by atoms with Crippen LogP contribution < -0.4 is 0 Å². The zero-order chi connectivity index (χ0) is 14.0. The lowest BCUT2D eigenvalue weighted by Crippen LogP contribution is -2.52. The van der Waals surface area contributed by atoms with Crippen LogP contribution in [0.4, 0.5) is 0 Å². The van der Waals surface area contributed by atoms with Crippen molar-refractivity contribution in [3.8, 4) is 0 Å². The van der Waals surface area contributed by atoms with E-state index in [1.807, 2.05) is 0 Å². The van der Waals surface area contributed by atoms with Gasteiger partial charge in [-0.2, -0.15) is 0 Å². The van der Waals surface area contributed by atoms with E-state index in [1.165, 1.54) is 17.2 Å². The van der Waals surface area contributed by atoms with Crippen LogP contribution in [0.3, 0.4) is 0 Å². The van der Waals surface area contributed by atoms with Gasteiger partial charge in [-0.25, -0.2) is 9.78 Å². The SMILES string of the molecule is CCC1(C(=O)O)CCCN1C(=O)c1ccc(Cl)cn1. The fourth-order valence-corrected chi connectivity index (χ4v) is 2.67. The van der Waals surface area contributed by atoms with Crippen LogP contribution in [0.15, 0.2) is 18.3 Å². The van der Waals surface area contributed by atoms with Gasteiger partial charge in [-0.05, 0) is 31.4 Å². The molecule has 1 aliphatic heterocycles. The quantitative estimate of drug-likeness (QED) is 0.923. The molecule has 19 heavy (non-hydrogen) atoms. The molecule has 0 aliphatic carbocycles. The summed E-state index contributed by atoms with van der Waals surface area (Å²) in [5, 5.41) is 9.88. The first-order chi connectivity index (χ1) is 9.01. The maximum absolute atomic E-state index is 12.4. The maximum atomic E-state index is 12.4. The summed E-state index contributed by atoms with van der Waals surface area (Å²) < 4.78 is 0. The number of likely N-dealkylation sites (tertiary alicyclic amines) is 1. The number of carbonyl (C=O) groups is 2. The van der Waals surface area contributed by atoms with E-state index in [0.29, 0.717) is 30.8 Å². The third-order valence-corrected chi connectivity index (χ3v) is 3.89. The number of carbonyl (C=O) groups excluding carboxylic acids is 1. The summed E-state index contributed by atoms with van der Waals surface area (Å²) >= 11 is 5.73. The Labute approximate surface area is 116 Å². The maximum Gasteiger partial charge on any atom is 0.329 e. The Kier molecular flexibility index (Phi) is 3.75. The van der Waals surface area contributed by atoms with Gasteiger partial charge in [0.25, 0.3) is 5.91 Å². The molecule has 1 N–H and O–H groups in total. The molecular weight excluding hydrogens is 268 g/mol. The number of carboxylic acids is 1. The summed E-state index contributed by atoms with van der Waals surface area (Å²) in [5.41, 5.74) is -0.872. The number of hydrogen-bond donors (Lipinski definition) is 1. The van der Waals surface area contributed by atoms with Gasteiger partial charge < -0.3 is 10.0 Å². The van der Waals surface area contributed by atoms with Crippen molar-refractivity contribution in [2.75, 3.05) is 6.54 Å². The Morgan fingerprint density at radius 2 is 2.26 bits per heavy atom. The average Bonchev–Trinajstić information content (AvgIpc) is 2.83. The summed E-state index contributed by atoms with van der Waals surface area (Å²) in [6.07, 6.45) is 2.96. The molecule has 1 aromatic rings. The molecule has 5 nitrogen and oxygen atoms in total. The number of amides is 1. The van der Waals surface area contributed by atoms with Gasteiger partial charge in [0.2, 0.25) is 0 Å².